The molecule has 0 aliphatic rings. The van der Waals surface area contributed by atoms with E-state index < -0.39 is 0 Å². The van der Waals surface area contributed by atoms with Crippen molar-refractivity contribution in [2.75, 3.05) is 6.54 Å². The first-order valence-electron chi connectivity index (χ1n) is 6.81. The van der Waals surface area contributed by atoms with Gasteiger partial charge in [-0.05, 0) is 36.9 Å². The fraction of sp³-hybridized carbons (Fsp3) is 0.467. The summed E-state index contributed by atoms with van der Waals surface area (Å²) in [5.74, 6) is 2.03. The average molecular weight is 259 g/mol. The Balaban J connectivity index is 2.18. The van der Waals surface area contributed by atoms with Crippen molar-refractivity contribution in [2.45, 2.75) is 33.1 Å². The quantitative estimate of drug-likeness (QED) is 0.866. The van der Waals surface area contributed by atoms with Crippen molar-refractivity contribution in [1.82, 2.24) is 10.1 Å². The predicted molar refractivity (Wildman–Crippen MR) is 75.7 cm³/mol. The van der Waals surface area contributed by atoms with Gasteiger partial charge in [0.25, 0.3) is 5.89 Å². The molecule has 0 saturated heterocycles. The Labute approximate surface area is 114 Å². The molecule has 0 aliphatic carbocycles. The van der Waals surface area contributed by atoms with Gasteiger partial charge in [-0.1, -0.05) is 37.2 Å². The minimum atomic E-state index is 0.600. The van der Waals surface area contributed by atoms with Gasteiger partial charge in [0, 0.05) is 12.0 Å². The molecular weight excluding hydrogens is 238 g/mol. The molecule has 4 nitrogen and oxygen atoms in total. The van der Waals surface area contributed by atoms with Crippen LogP contribution in [0.4, 0.5) is 0 Å². The van der Waals surface area contributed by atoms with Crippen molar-refractivity contribution in [1.29, 1.82) is 0 Å². The molecule has 0 unspecified atom stereocenters. The maximum atomic E-state index is 5.63. The van der Waals surface area contributed by atoms with Crippen molar-refractivity contribution in [3.63, 3.8) is 0 Å². The molecule has 2 N–H and O–H groups in total. The van der Waals surface area contributed by atoms with Crippen LogP contribution < -0.4 is 5.73 Å². The highest BCUT2D eigenvalue weighted by atomic mass is 16.5. The van der Waals surface area contributed by atoms with Crippen LogP contribution in [-0.2, 0) is 12.8 Å². The van der Waals surface area contributed by atoms with Crippen molar-refractivity contribution in [3.05, 3.63) is 35.7 Å². The molecule has 2 aromatic rings. The van der Waals surface area contributed by atoms with E-state index in [9.17, 15) is 0 Å². The Morgan fingerprint density at radius 2 is 2.00 bits per heavy atom. The fourth-order valence-electron chi connectivity index (χ4n) is 1.99. The maximum Gasteiger partial charge on any atom is 0.258 e. The van der Waals surface area contributed by atoms with Crippen LogP contribution in [0.15, 0.2) is 28.8 Å². The molecule has 102 valence electrons. The van der Waals surface area contributed by atoms with Gasteiger partial charge >= 0.3 is 0 Å². The summed E-state index contributed by atoms with van der Waals surface area (Å²) in [5.41, 5.74) is 7.78. The van der Waals surface area contributed by atoms with Crippen molar-refractivity contribution in [2.24, 2.45) is 11.7 Å². The van der Waals surface area contributed by atoms with Crippen LogP contribution in [-0.4, -0.2) is 16.7 Å². The Morgan fingerprint density at radius 3 is 2.74 bits per heavy atom. The lowest BCUT2D eigenvalue weighted by Crippen LogP contribution is -2.03. The molecule has 0 spiro atoms. The highest BCUT2D eigenvalue weighted by Crippen LogP contribution is 2.22. The molecular formula is C15H21N3O. The van der Waals surface area contributed by atoms with Gasteiger partial charge in [0.2, 0.25) is 0 Å². The number of hydrogen-bond acceptors (Lipinski definition) is 4. The molecule has 2 rings (SSSR count). The van der Waals surface area contributed by atoms with Gasteiger partial charge in [-0.2, -0.15) is 4.98 Å². The first-order chi connectivity index (χ1) is 9.20. The van der Waals surface area contributed by atoms with E-state index in [0.29, 0.717) is 18.4 Å². The monoisotopic (exact) mass is 259 g/mol. The van der Waals surface area contributed by atoms with Gasteiger partial charge in [-0.25, -0.2) is 0 Å². The summed E-state index contributed by atoms with van der Waals surface area (Å²) in [6.07, 6.45) is 2.75. The Bertz CT molecular complexity index is 520. The smallest absolute Gasteiger partial charge is 0.258 e. The summed E-state index contributed by atoms with van der Waals surface area (Å²) < 4.78 is 5.37. The normalized spacial score (nSPS) is 11.2. The fourth-order valence-corrected chi connectivity index (χ4v) is 1.99. The molecule has 0 radical (unpaired) electrons. The Kier molecular flexibility index (Phi) is 4.68. The topological polar surface area (TPSA) is 64.9 Å². The zero-order valence-electron chi connectivity index (χ0n) is 11.6. The van der Waals surface area contributed by atoms with E-state index in [1.54, 1.807) is 0 Å². The molecule has 0 amide bonds. The number of rotatable bonds is 6. The lowest BCUT2D eigenvalue weighted by atomic mass is 10.0. The molecule has 1 aromatic heterocycles. The minimum Gasteiger partial charge on any atom is -0.334 e. The molecule has 1 aromatic carbocycles. The zero-order chi connectivity index (χ0) is 13.7. The van der Waals surface area contributed by atoms with Gasteiger partial charge in [0.1, 0.15) is 0 Å². The van der Waals surface area contributed by atoms with Gasteiger partial charge in [0.15, 0.2) is 5.82 Å². The number of hydrogen-bond donors (Lipinski definition) is 1. The van der Waals surface area contributed by atoms with E-state index in [0.717, 1.165) is 36.2 Å². The summed E-state index contributed by atoms with van der Waals surface area (Å²) in [5, 5.41) is 4.05. The number of nitrogens with zero attached hydrogens (tertiary/aromatic N) is 2. The van der Waals surface area contributed by atoms with Gasteiger partial charge < -0.3 is 10.3 Å². The summed E-state index contributed by atoms with van der Waals surface area (Å²) in [7, 11) is 0. The second-order valence-corrected chi connectivity index (χ2v) is 5.14. The number of benzene rings is 1. The van der Waals surface area contributed by atoms with Crippen LogP contribution >= 0.6 is 0 Å². The van der Waals surface area contributed by atoms with Crippen LogP contribution in [0.2, 0.25) is 0 Å². The summed E-state index contributed by atoms with van der Waals surface area (Å²) in [4.78, 5) is 4.48. The third kappa shape index (κ3) is 3.64. The molecule has 0 fully saturated rings. The SMILES string of the molecule is CC(C)CCc1noc(-c2ccccc2CCN)n1. The predicted octanol–water partition coefficient (Wildman–Crippen LogP) is 2.83. The molecule has 0 bridgehead atoms. The van der Waals surface area contributed by atoms with Crippen LogP contribution in [0.5, 0.6) is 0 Å². The molecule has 1 heterocycles. The van der Waals surface area contributed by atoms with E-state index in [1.807, 2.05) is 18.2 Å². The summed E-state index contributed by atoms with van der Waals surface area (Å²) >= 11 is 0. The summed E-state index contributed by atoms with van der Waals surface area (Å²) in [6.45, 7) is 5.00. The second-order valence-electron chi connectivity index (χ2n) is 5.14. The van der Waals surface area contributed by atoms with Crippen LogP contribution in [0.1, 0.15) is 31.7 Å². The van der Waals surface area contributed by atoms with Crippen LogP contribution in [0.3, 0.4) is 0 Å². The van der Waals surface area contributed by atoms with E-state index in [4.69, 9.17) is 10.3 Å². The molecule has 19 heavy (non-hydrogen) atoms. The number of aryl methyl sites for hydroxylation is 1. The van der Waals surface area contributed by atoms with E-state index >= 15 is 0 Å². The van der Waals surface area contributed by atoms with Crippen molar-refractivity contribution < 1.29 is 4.52 Å². The van der Waals surface area contributed by atoms with Crippen LogP contribution in [0, 0.1) is 5.92 Å². The second kappa shape index (κ2) is 6.48. The molecule has 4 heteroatoms. The van der Waals surface area contributed by atoms with Crippen molar-refractivity contribution >= 4 is 0 Å². The molecule has 0 aliphatic heterocycles. The summed E-state index contributed by atoms with van der Waals surface area (Å²) in [6, 6.07) is 8.04. The average Bonchev–Trinajstić information content (AvgIpc) is 2.86. The van der Waals surface area contributed by atoms with Gasteiger partial charge in [-0.3, -0.25) is 0 Å². The van der Waals surface area contributed by atoms with E-state index in [2.05, 4.69) is 30.1 Å². The van der Waals surface area contributed by atoms with Gasteiger partial charge in [0.05, 0.1) is 0 Å². The largest absolute Gasteiger partial charge is 0.334 e. The first-order valence-corrected chi connectivity index (χ1v) is 6.81. The highest BCUT2D eigenvalue weighted by Gasteiger charge is 2.12. The third-order valence-electron chi connectivity index (χ3n) is 3.07. The molecule has 0 saturated carbocycles. The van der Waals surface area contributed by atoms with Crippen molar-refractivity contribution in [3.8, 4) is 11.5 Å². The number of nitrogens with two attached hydrogens (primary N) is 1. The van der Waals surface area contributed by atoms with Crippen LogP contribution in [0.25, 0.3) is 11.5 Å². The van der Waals surface area contributed by atoms with E-state index in [-0.39, 0.29) is 0 Å². The number of aromatic nitrogens is 2. The zero-order valence-corrected chi connectivity index (χ0v) is 11.6. The lowest BCUT2D eigenvalue weighted by molar-refractivity contribution is 0.418. The maximum absolute atomic E-state index is 5.63. The van der Waals surface area contributed by atoms with E-state index in [1.165, 1.54) is 0 Å². The standard InChI is InChI=1S/C15H21N3O/c1-11(2)7-8-14-17-15(19-18-14)13-6-4-3-5-12(13)9-10-16/h3-6,11H,7-10,16H2,1-2H3. The first kappa shape index (κ1) is 13.7. The Hall–Kier alpha value is -1.68. The van der Waals surface area contributed by atoms with Gasteiger partial charge in [-0.15, -0.1) is 0 Å². The minimum absolute atomic E-state index is 0.600. The Morgan fingerprint density at radius 1 is 1.21 bits per heavy atom. The third-order valence-corrected chi connectivity index (χ3v) is 3.07. The molecule has 0 atom stereocenters. The highest BCUT2D eigenvalue weighted by molar-refractivity contribution is 5.58. The lowest BCUT2D eigenvalue weighted by Gasteiger charge is -2.03.